The molecule has 0 N–H and O–H groups in total. The van der Waals surface area contributed by atoms with Gasteiger partial charge in [-0.3, -0.25) is 0 Å². The van der Waals surface area contributed by atoms with Gasteiger partial charge in [-0.15, -0.1) is 0 Å². The fourth-order valence-electron chi connectivity index (χ4n) is 2.98. The van der Waals surface area contributed by atoms with Crippen LogP contribution in [0.5, 0.6) is 17.2 Å². The Labute approximate surface area is 134 Å². The van der Waals surface area contributed by atoms with Crippen molar-refractivity contribution in [3.05, 3.63) is 39.0 Å². The van der Waals surface area contributed by atoms with E-state index in [1.807, 2.05) is 0 Å². The number of ether oxygens (including phenoxy) is 3. The van der Waals surface area contributed by atoms with Gasteiger partial charge in [0, 0.05) is 16.8 Å². The van der Waals surface area contributed by atoms with E-state index in [1.165, 1.54) is 27.4 Å². The van der Waals surface area contributed by atoms with Gasteiger partial charge >= 0.3 is 11.3 Å². The van der Waals surface area contributed by atoms with Crippen molar-refractivity contribution in [2.75, 3.05) is 21.3 Å². The van der Waals surface area contributed by atoms with E-state index in [2.05, 4.69) is 0 Å². The van der Waals surface area contributed by atoms with Gasteiger partial charge in [-0.1, -0.05) is 0 Å². The molecule has 7 heteroatoms. The molecule has 2 aromatic heterocycles. The second kappa shape index (κ2) is 4.89. The molecule has 7 nitrogen and oxygen atoms in total. The van der Waals surface area contributed by atoms with E-state index in [4.69, 9.17) is 23.0 Å². The average molecular weight is 328 g/mol. The molecule has 0 aliphatic heterocycles. The Morgan fingerprint density at radius 3 is 2.17 bits per heavy atom. The molecule has 0 amide bonds. The van der Waals surface area contributed by atoms with E-state index >= 15 is 0 Å². The lowest BCUT2D eigenvalue weighted by Gasteiger charge is -2.13. The highest BCUT2D eigenvalue weighted by molar-refractivity contribution is 6.21. The van der Waals surface area contributed by atoms with Crippen molar-refractivity contribution in [1.82, 2.24) is 0 Å². The topological polar surface area (TPSA) is 88.1 Å². The normalized spacial score (nSPS) is 11.5. The minimum atomic E-state index is -0.590. The van der Waals surface area contributed by atoms with Crippen LogP contribution in [0.1, 0.15) is 0 Å². The molecular weight excluding hydrogens is 316 g/mol. The van der Waals surface area contributed by atoms with Gasteiger partial charge in [-0.25, -0.2) is 9.59 Å². The molecule has 0 bridgehead atoms. The van der Waals surface area contributed by atoms with Crippen LogP contribution in [0, 0.1) is 0 Å². The van der Waals surface area contributed by atoms with Crippen molar-refractivity contribution < 1.29 is 23.0 Å². The van der Waals surface area contributed by atoms with Gasteiger partial charge in [-0.05, 0) is 12.1 Å². The Kier molecular flexibility index (Phi) is 2.93. The fourth-order valence-corrected chi connectivity index (χ4v) is 2.98. The van der Waals surface area contributed by atoms with E-state index in [0.29, 0.717) is 16.5 Å². The first kappa shape index (κ1) is 14.4. The van der Waals surface area contributed by atoms with Gasteiger partial charge in [0.1, 0.15) is 11.3 Å². The number of hydrogen-bond acceptors (Lipinski definition) is 7. The third-order valence-corrected chi connectivity index (χ3v) is 4.02. The lowest BCUT2D eigenvalue weighted by molar-refractivity contribution is 0.352. The van der Waals surface area contributed by atoms with Gasteiger partial charge in [0.15, 0.2) is 11.3 Å². The van der Waals surface area contributed by atoms with Crippen molar-refractivity contribution in [2.24, 2.45) is 0 Å². The number of hydrogen-bond donors (Lipinski definition) is 0. The molecule has 0 radical (unpaired) electrons. The minimum Gasteiger partial charge on any atom is -0.497 e. The van der Waals surface area contributed by atoms with Gasteiger partial charge in [0.25, 0.3) is 0 Å². The largest absolute Gasteiger partial charge is 0.497 e. The monoisotopic (exact) mass is 328 g/mol. The van der Waals surface area contributed by atoms with E-state index in [-0.39, 0.29) is 33.4 Å². The summed E-state index contributed by atoms with van der Waals surface area (Å²) in [5.74, 6) is 0.906. The van der Waals surface area contributed by atoms with E-state index in [9.17, 15) is 9.59 Å². The molecule has 0 fully saturated rings. The highest BCUT2D eigenvalue weighted by atomic mass is 16.5. The van der Waals surface area contributed by atoms with Crippen LogP contribution in [0.25, 0.3) is 32.7 Å². The SMILES string of the molecule is COc1cc2oc(=O)c3cc(OC)c(OC)c4oc(=O)c(c1)c2c43. The molecule has 0 spiro atoms. The summed E-state index contributed by atoms with van der Waals surface area (Å²) in [5, 5.41) is 1.45. The van der Waals surface area contributed by atoms with E-state index < -0.39 is 11.3 Å². The zero-order valence-electron chi connectivity index (χ0n) is 13.1. The molecular formula is C17H12O7. The molecule has 0 aliphatic carbocycles. The highest BCUT2D eigenvalue weighted by Crippen LogP contribution is 2.42. The predicted molar refractivity (Wildman–Crippen MR) is 86.9 cm³/mol. The van der Waals surface area contributed by atoms with E-state index in [1.54, 1.807) is 12.1 Å². The van der Waals surface area contributed by atoms with Crippen LogP contribution in [0.4, 0.5) is 0 Å². The first-order chi connectivity index (χ1) is 11.6. The maximum atomic E-state index is 12.4. The summed E-state index contributed by atoms with van der Waals surface area (Å²) in [5.41, 5.74) is -0.774. The summed E-state index contributed by atoms with van der Waals surface area (Å²) in [6, 6.07) is 4.61. The highest BCUT2D eigenvalue weighted by Gasteiger charge is 2.23. The third-order valence-electron chi connectivity index (χ3n) is 4.02. The van der Waals surface area contributed by atoms with Crippen LogP contribution in [0.15, 0.2) is 36.6 Å². The Morgan fingerprint density at radius 2 is 1.50 bits per heavy atom. The van der Waals surface area contributed by atoms with Crippen molar-refractivity contribution in [3.63, 3.8) is 0 Å². The summed E-state index contributed by atoms with van der Waals surface area (Å²) in [7, 11) is 4.32. The summed E-state index contributed by atoms with van der Waals surface area (Å²) in [6.45, 7) is 0. The number of methoxy groups -OCH3 is 3. The predicted octanol–water partition coefficient (Wildman–Crippen LogP) is 2.52. The average Bonchev–Trinajstić information content (AvgIpc) is 2.59. The Morgan fingerprint density at radius 1 is 0.792 bits per heavy atom. The molecule has 122 valence electrons. The summed E-state index contributed by atoms with van der Waals surface area (Å²) in [4.78, 5) is 24.8. The fraction of sp³-hybridized carbons (Fsp3) is 0.176. The maximum absolute atomic E-state index is 12.4. The summed E-state index contributed by atoms with van der Waals surface area (Å²) >= 11 is 0. The van der Waals surface area contributed by atoms with Gasteiger partial charge in [0.05, 0.1) is 32.1 Å². The smallest absolute Gasteiger partial charge is 0.344 e. The van der Waals surface area contributed by atoms with Crippen molar-refractivity contribution in [1.29, 1.82) is 0 Å². The molecule has 24 heavy (non-hydrogen) atoms. The molecule has 0 unspecified atom stereocenters. The first-order valence-corrected chi connectivity index (χ1v) is 7.04. The number of benzene rings is 2. The molecule has 0 aliphatic rings. The Hall–Kier alpha value is -3.22. The Balaban J connectivity index is 2.40. The van der Waals surface area contributed by atoms with Crippen LogP contribution < -0.4 is 25.5 Å². The van der Waals surface area contributed by atoms with Crippen LogP contribution in [0.2, 0.25) is 0 Å². The maximum Gasteiger partial charge on any atom is 0.344 e. The summed E-state index contributed by atoms with van der Waals surface area (Å²) < 4.78 is 26.5. The summed E-state index contributed by atoms with van der Waals surface area (Å²) in [6.07, 6.45) is 0. The second-order valence-corrected chi connectivity index (χ2v) is 5.19. The minimum absolute atomic E-state index is 0.146. The number of rotatable bonds is 3. The van der Waals surface area contributed by atoms with Crippen LogP contribution in [0.3, 0.4) is 0 Å². The first-order valence-electron chi connectivity index (χ1n) is 7.04. The lowest BCUT2D eigenvalue weighted by atomic mass is 10.0. The van der Waals surface area contributed by atoms with Crippen molar-refractivity contribution in [3.8, 4) is 17.2 Å². The standard InChI is InChI=1S/C17H12O7/c1-20-7-4-8-12-10(5-7)23-16(18)9-6-11(21-2)14(22-3)15(13(9)12)24-17(8)19/h4-6H,1-3H3. The lowest BCUT2D eigenvalue weighted by Crippen LogP contribution is -2.08. The van der Waals surface area contributed by atoms with Gasteiger partial charge in [0.2, 0.25) is 5.75 Å². The molecule has 2 heterocycles. The third kappa shape index (κ3) is 1.72. The second-order valence-electron chi connectivity index (χ2n) is 5.19. The quantitative estimate of drug-likeness (QED) is 0.422. The van der Waals surface area contributed by atoms with Gasteiger partial charge < -0.3 is 23.0 Å². The van der Waals surface area contributed by atoms with Crippen molar-refractivity contribution >= 4 is 32.7 Å². The van der Waals surface area contributed by atoms with E-state index in [0.717, 1.165) is 0 Å². The van der Waals surface area contributed by atoms with Crippen LogP contribution in [-0.2, 0) is 0 Å². The van der Waals surface area contributed by atoms with Gasteiger partial charge in [-0.2, -0.15) is 0 Å². The molecule has 0 saturated carbocycles. The van der Waals surface area contributed by atoms with Crippen molar-refractivity contribution in [2.45, 2.75) is 0 Å². The molecule has 4 aromatic rings. The zero-order valence-corrected chi connectivity index (χ0v) is 13.1. The molecule has 2 aromatic carbocycles. The molecule has 0 atom stereocenters. The van der Waals surface area contributed by atoms with Crippen LogP contribution >= 0.6 is 0 Å². The molecule has 4 rings (SSSR count). The zero-order chi connectivity index (χ0) is 17.0. The van der Waals surface area contributed by atoms with Crippen LogP contribution in [-0.4, -0.2) is 21.3 Å². The molecule has 0 saturated heterocycles. The Bertz CT molecular complexity index is 1200.